The second-order valence-electron chi connectivity index (χ2n) is 5.80. The average molecular weight is 251 g/mol. The summed E-state index contributed by atoms with van der Waals surface area (Å²) in [6.07, 6.45) is 1.22. The van der Waals surface area contributed by atoms with Crippen molar-refractivity contribution in [3.63, 3.8) is 0 Å². The Labute approximate surface area is 115 Å². The number of rotatable bonds is 3. The molecule has 0 aliphatic heterocycles. The summed E-state index contributed by atoms with van der Waals surface area (Å²) in [4.78, 5) is 0. The molecule has 0 amide bonds. The van der Waals surface area contributed by atoms with Crippen LogP contribution in [0, 0.1) is 19.8 Å². The first-order chi connectivity index (χ1) is 9.16. The zero-order valence-corrected chi connectivity index (χ0v) is 11.6. The molecule has 2 aromatic carbocycles. The number of hydrogen-bond acceptors (Lipinski definition) is 1. The molecule has 3 unspecified atom stereocenters. The van der Waals surface area contributed by atoms with Crippen LogP contribution in [0.15, 0.2) is 48.5 Å². The Hall–Kier alpha value is -1.60. The summed E-state index contributed by atoms with van der Waals surface area (Å²) < 4.78 is 0. The number of nitrogens with two attached hydrogens (primary N) is 1. The lowest BCUT2D eigenvalue weighted by molar-refractivity contribution is 0.612. The molecule has 2 N–H and O–H groups in total. The third-order valence-electron chi connectivity index (χ3n) is 4.31. The highest BCUT2D eigenvalue weighted by molar-refractivity contribution is 5.36. The van der Waals surface area contributed by atoms with E-state index in [4.69, 9.17) is 5.73 Å². The van der Waals surface area contributed by atoms with E-state index in [9.17, 15) is 0 Å². The van der Waals surface area contributed by atoms with Gasteiger partial charge in [-0.3, -0.25) is 0 Å². The van der Waals surface area contributed by atoms with Crippen LogP contribution in [0.2, 0.25) is 0 Å². The van der Waals surface area contributed by atoms with Crippen LogP contribution >= 0.6 is 0 Å². The fourth-order valence-corrected chi connectivity index (χ4v) is 3.13. The van der Waals surface area contributed by atoms with Crippen molar-refractivity contribution in [3.05, 3.63) is 70.8 Å². The standard InChI is InChI=1S/C18H21N/c1-12-8-9-15(13(2)10-12)18(19)17-11-16(17)14-6-4-3-5-7-14/h3-10,16-18H,11,19H2,1-2H3. The highest BCUT2D eigenvalue weighted by atomic mass is 14.7. The van der Waals surface area contributed by atoms with E-state index in [0.717, 1.165) is 0 Å². The molecule has 1 saturated carbocycles. The molecule has 0 spiro atoms. The molecule has 98 valence electrons. The molecule has 1 heteroatoms. The van der Waals surface area contributed by atoms with Crippen LogP contribution in [0.4, 0.5) is 0 Å². The summed E-state index contributed by atoms with van der Waals surface area (Å²) in [7, 11) is 0. The van der Waals surface area contributed by atoms with E-state index in [-0.39, 0.29) is 6.04 Å². The van der Waals surface area contributed by atoms with Gasteiger partial charge >= 0.3 is 0 Å². The Morgan fingerprint density at radius 2 is 1.79 bits per heavy atom. The van der Waals surface area contributed by atoms with Crippen molar-refractivity contribution in [1.29, 1.82) is 0 Å². The van der Waals surface area contributed by atoms with Crippen LogP contribution in [0.25, 0.3) is 0 Å². The molecule has 0 radical (unpaired) electrons. The first-order valence-electron chi connectivity index (χ1n) is 7.04. The monoisotopic (exact) mass is 251 g/mol. The second kappa shape index (κ2) is 4.82. The average Bonchev–Trinajstić information content (AvgIpc) is 3.19. The van der Waals surface area contributed by atoms with Gasteiger partial charge in [-0.1, -0.05) is 54.1 Å². The lowest BCUT2D eigenvalue weighted by Crippen LogP contribution is -2.15. The molecule has 0 aromatic heterocycles. The summed E-state index contributed by atoms with van der Waals surface area (Å²) in [6.45, 7) is 4.30. The molecule has 1 aliphatic carbocycles. The van der Waals surface area contributed by atoms with Crippen LogP contribution in [-0.2, 0) is 0 Å². The molecule has 3 rings (SSSR count). The molecule has 0 heterocycles. The van der Waals surface area contributed by atoms with Crippen molar-refractivity contribution in [2.45, 2.75) is 32.2 Å². The van der Waals surface area contributed by atoms with Gasteiger partial charge in [0.2, 0.25) is 0 Å². The zero-order valence-electron chi connectivity index (χ0n) is 11.6. The van der Waals surface area contributed by atoms with Gasteiger partial charge in [-0.15, -0.1) is 0 Å². The lowest BCUT2D eigenvalue weighted by atomic mass is 9.95. The third kappa shape index (κ3) is 2.43. The van der Waals surface area contributed by atoms with Gasteiger partial charge in [-0.25, -0.2) is 0 Å². The van der Waals surface area contributed by atoms with Gasteiger partial charge < -0.3 is 5.73 Å². The Bertz CT molecular complexity index is 573. The molecule has 0 bridgehead atoms. The summed E-state index contributed by atoms with van der Waals surface area (Å²) in [5.74, 6) is 1.25. The van der Waals surface area contributed by atoms with Crippen LogP contribution in [0.1, 0.15) is 40.6 Å². The molecule has 0 saturated heterocycles. The topological polar surface area (TPSA) is 26.0 Å². The van der Waals surface area contributed by atoms with Gasteiger partial charge in [-0.2, -0.15) is 0 Å². The highest BCUT2D eigenvalue weighted by Gasteiger charge is 2.43. The van der Waals surface area contributed by atoms with Gasteiger partial charge in [0, 0.05) is 6.04 Å². The Balaban J connectivity index is 1.78. The largest absolute Gasteiger partial charge is 0.324 e. The number of hydrogen-bond donors (Lipinski definition) is 1. The predicted octanol–water partition coefficient (Wildman–Crippen LogP) is 4.11. The summed E-state index contributed by atoms with van der Waals surface area (Å²) in [5.41, 5.74) is 11.9. The van der Waals surface area contributed by atoms with Gasteiger partial charge in [0.1, 0.15) is 0 Å². The van der Waals surface area contributed by atoms with Crippen molar-refractivity contribution >= 4 is 0 Å². The van der Waals surface area contributed by atoms with Crippen molar-refractivity contribution in [1.82, 2.24) is 0 Å². The molecule has 3 atom stereocenters. The smallest absolute Gasteiger partial charge is 0.0332 e. The molecule has 1 fully saturated rings. The fourth-order valence-electron chi connectivity index (χ4n) is 3.13. The SMILES string of the molecule is Cc1ccc(C(N)C2CC2c2ccccc2)c(C)c1. The van der Waals surface area contributed by atoms with E-state index < -0.39 is 0 Å². The number of aryl methyl sites for hydroxylation is 2. The second-order valence-corrected chi connectivity index (χ2v) is 5.80. The van der Waals surface area contributed by atoms with Crippen LogP contribution < -0.4 is 5.73 Å². The quantitative estimate of drug-likeness (QED) is 0.873. The van der Waals surface area contributed by atoms with E-state index in [2.05, 4.69) is 62.4 Å². The van der Waals surface area contributed by atoms with Gasteiger partial charge in [0.15, 0.2) is 0 Å². The van der Waals surface area contributed by atoms with Crippen LogP contribution in [0.3, 0.4) is 0 Å². The first kappa shape index (κ1) is 12.4. The minimum Gasteiger partial charge on any atom is -0.324 e. The minimum atomic E-state index is 0.172. The predicted molar refractivity (Wildman–Crippen MR) is 80.1 cm³/mol. The Morgan fingerprint density at radius 3 is 2.47 bits per heavy atom. The van der Waals surface area contributed by atoms with E-state index in [1.165, 1.54) is 28.7 Å². The summed E-state index contributed by atoms with van der Waals surface area (Å²) in [6, 6.07) is 17.5. The van der Waals surface area contributed by atoms with E-state index in [1.807, 2.05) is 0 Å². The summed E-state index contributed by atoms with van der Waals surface area (Å²) in [5, 5.41) is 0. The maximum absolute atomic E-state index is 6.48. The first-order valence-corrected chi connectivity index (χ1v) is 7.04. The van der Waals surface area contributed by atoms with E-state index >= 15 is 0 Å². The summed E-state index contributed by atoms with van der Waals surface area (Å²) >= 11 is 0. The van der Waals surface area contributed by atoms with Gasteiger partial charge in [0.25, 0.3) is 0 Å². The lowest BCUT2D eigenvalue weighted by Gasteiger charge is -2.15. The van der Waals surface area contributed by atoms with Crippen LogP contribution in [0.5, 0.6) is 0 Å². The minimum absolute atomic E-state index is 0.172. The van der Waals surface area contributed by atoms with Crippen molar-refractivity contribution in [3.8, 4) is 0 Å². The number of benzene rings is 2. The molecule has 2 aromatic rings. The van der Waals surface area contributed by atoms with Crippen molar-refractivity contribution < 1.29 is 0 Å². The fraction of sp³-hybridized carbons (Fsp3) is 0.333. The Morgan fingerprint density at radius 1 is 1.05 bits per heavy atom. The maximum atomic E-state index is 6.48. The zero-order chi connectivity index (χ0) is 13.4. The van der Waals surface area contributed by atoms with Crippen LogP contribution in [-0.4, -0.2) is 0 Å². The molecule has 19 heavy (non-hydrogen) atoms. The maximum Gasteiger partial charge on any atom is 0.0332 e. The third-order valence-corrected chi connectivity index (χ3v) is 4.31. The van der Waals surface area contributed by atoms with Gasteiger partial charge in [-0.05, 0) is 48.8 Å². The van der Waals surface area contributed by atoms with Crippen molar-refractivity contribution in [2.75, 3.05) is 0 Å². The highest BCUT2D eigenvalue weighted by Crippen LogP contribution is 2.53. The van der Waals surface area contributed by atoms with Crippen molar-refractivity contribution in [2.24, 2.45) is 11.7 Å². The molecule has 1 aliphatic rings. The normalized spacial score (nSPS) is 23.1. The molecule has 1 nitrogen and oxygen atoms in total. The Kier molecular flexibility index (Phi) is 3.16. The van der Waals surface area contributed by atoms with E-state index in [1.54, 1.807) is 0 Å². The molecular weight excluding hydrogens is 230 g/mol. The van der Waals surface area contributed by atoms with Gasteiger partial charge in [0.05, 0.1) is 0 Å². The van der Waals surface area contributed by atoms with E-state index in [0.29, 0.717) is 11.8 Å². The molecular formula is C18H21N.